The van der Waals surface area contributed by atoms with Gasteiger partial charge in [-0.05, 0) is 79.5 Å². The predicted molar refractivity (Wildman–Crippen MR) is 135 cm³/mol. The molecule has 2 atom stereocenters. The molecule has 0 amide bonds. The Kier molecular flexibility index (Phi) is 7.00. The smallest absolute Gasteiger partial charge is 0.160 e. The Morgan fingerprint density at radius 1 is 0.886 bits per heavy atom. The monoisotopic (exact) mass is 475 g/mol. The molecule has 0 saturated carbocycles. The van der Waals surface area contributed by atoms with E-state index in [1.165, 1.54) is 25.9 Å². The molecule has 3 aromatic carbocycles. The highest BCUT2D eigenvalue weighted by Gasteiger charge is 2.34. The average Bonchev–Trinajstić information content (AvgIpc) is 3.41. The minimum absolute atomic E-state index is 0.00241. The van der Waals surface area contributed by atoms with Crippen LogP contribution in [0.2, 0.25) is 0 Å². The van der Waals surface area contributed by atoms with Gasteiger partial charge in [0.05, 0.1) is 20.8 Å². The Morgan fingerprint density at radius 3 is 2.37 bits per heavy atom. The van der Waals surface area contributed by atoms with Crippen LogP contribution < -0.4 is 18.9 Å². The molecule has 0 bridgehead atoms. The second-order valence-corrected chi connectivity index (χ2v) is 9.20. The van der Waals surface area contributed by atoms with Gasteiger partial charge in [0.1, 0.15) is 23.9 Å². The Hall–Kier alpha value is -3.38. The number of hydrogen-bond acceptors (Lipinski definition) is 6. The lowest BCUT2D eigenvalue weighted by molar-refractivity contribution is 0.237. The van der Waals surface area contributed by atoms with Crippen LogP contribution in [-0.2, 0) is 0 Å². The van der Waals surface area contributed by atoms with E-state index in [2.05, 4.69) is 23.1 Å². The van der Waals surface area contributed by atoms with Crippen LogP contribution in [0.5, 0.6) is 28.7 Å². The zero-order chi connectivity index (χ0) is 24.2. The van der Waals surface area contributed by atoms with E-state index in [0.717, 1.165) is 34.7 Å². The van der Waals surface area contributed by atoms with Crippen molar-refractivity contribution >= 4 is 0 Å². The van der Waals surface area contributed by atoms with Crippen LogP contribution in [0.3, 0.4) is 0 Å². The first kappa shape index (κ1) is 23.4. The number of fused-ring (bicyclic) bond motifs is 1. The van der Waals surface area contributed by atoms with Gasteiger partial charge in [-0.1, -0.05) is 18.2 Å². The van der Waals surface area contributed by atoms with Crippen molar-refractivity contribution in [2.24, 2.45) is 0 Å². The third kappa shape index (κ3) is 5.03. The number of methoxy groups -OCH3 is 2. The van der Waals surface area contributed by atoms with Crippen molar-refractivity contribution in [2.45, 2.75) is 24.7 Å². The molecular weight excluding hydrogens is 442 g/mol. The number of phenols is 1. The lowest BCUT2D eigenvalue weighted by Gasteiger charge is -2.35. The van der Waals surface area contributed by atoms with Crippen LogP contribution in [0.15, 0.2) is 60.7 Å². The summed E-state index contributed by atoms with van der Waals surface area (Å²) in [6.07, 6.45) is 2.58. The maximum atomic E-state index is 10.3. The van der Waals surface area contributed by atoms with Crippen molar-refractivity contribution in [3.63, 3.8) is 0 Å². The van der Waals surface area contributed by atoms with E-state index in [-0.39, 0.29) is 17.6 Å². The van der Waals surface area contributed by atoms with Gasteiger partial charge in [0.25, 0.3) is 0 Å². The van der Waals surface area contributed by atoms with E-state index >= 15 is 0 Å². The highest BCUT2D eigenvalue weighted by Crippen LogP contribution is 2.48. The van der Waals surface area contributed by atoms with Crippen LogP contribution in [0.25, 0.3) is 0 Å². The van der Waals surface area contributed by atoms with E-state index in [9.17, 15) is 5.11 Å². The molecule has 1 saturated heterocycles. The lowest BCUT2D eigenvalue weighted by atomic mass is 9.75. The largest absolute Gasteiger partial charge is 0.508 e. The Bertz CT molecular complexity index is 1140. The van der Waals surface area contributed by atoms with E-state index < -0.39 is 0 Å². The molecule has 1 N–H and O–H groups in total. The van der Waals surface area contributed by atoms with E-state index in [1.54, 1.807) is 20.3 Å². The van der Waals surface area contributed by atoms with Crippen LogP contribution in [-0.4, -0.2) is 57.1 Å². The number of likely N-dealkylation sites (tertiary alicyclic amines) is 1. The van der Waals surface area contributed by atoms with E-state index in [4.69, 9.17) is 18.9 Å². The first-order chi connectivity index (χ1) is 17.2. The molecule has 6 heteroatoms. The quantitative estimate of drug-likeness (QED) is 0.484. The summed E-state index contributed by atoms with van der Waals surface area (Å²) in [6.45, 7) is 4.54. The molecule has 0 aromatic heterocycles. The fraction of sp³-hybridized carbons (Fsp3) is 0.379. The molecule has 2 aliphatic heterocycles. The molecule has 3 aromatic rings. The summed E-state index contributed by atoms with van der Waals surface area (Å²) in [5.74, 6) is 3.32. The van der Waals surface area contributed by atoms with Crippen molar-refractivity contribution in [1.82, 2.24) is 4.90 Å². The summed E-state index contributed by atoms with van der Waals surface area (Å²) in [4.78, 5) is 2.45. The van der Waals surface area contributed by atoms with Crippen LogP contribution in [0.4, 0.5) is 0 Å². The van der Waals surface area contributed by atoms with Crippen LogP contribution in [0.1, 0.15) is 41.4 Å². The molecule has 2 heterocycles. The average molecular weight is 476 g/mol. The number of rotatable bonds is 8. The van der Waals surface area contributed by atoms with Crippen molar-refractivity contribution in [2.75, 3.05) is 47.1 Å². The third-order valence-corrected chi connectivity index (χ3v) is 7.10. The minimum atomic E-state index is 0.00241. The molecule has 2 aliphatic rings. The summed E-state index contributed by atoms with van der Waals surface area (Å²) in [7, 11) is 3.28. The third-order valence-electron chi connectivity index (χ3n) is 7.10. The summed E-state index contributed by atoms with van der Waals surface area (Å²) in [6, 6.07) is 19.7. The summed E-state index contributed by atoms with van der Waals surface area (Å²) >= 11 is 0. The Labute approximate surface area is 207 Å². The molecule has 1 fully saturated rings. The van der Waals surface area contributed by atoms with Crippen molar-refractivity contribution < 1.29 is 24.1 Å². The highest BCUT2D eigenvalue weighted by atomic mass is 16.5. The first-order valence-electron chi connectivity index (χ1n) is 12.3. The van der Waals surface area contributed by atoms with Gasteiger partial charge in [0.15, 0.2) is 11.5 Å². The summed E-state index contributed by atoms with van der Waals surface area (Å²) in [5, 5.41) is 10.3. The van der Waals surface area contributed by atoms with Crippen molar-refractivity contribution in [1.29, 1.82) is 0 Å². The van der Waals surface area contributed by atoms with E-state index in [1.807, 2.05) is 36.4 Å². The number of aromatic hydroxyl groups is 1. The molecule has 0 aliphatic carbocycles. The van der Waals surface area contributed by atoms with Gasteiger partial charge in [-0.25, -0.2) is 0 Å². The summed E-state index contributed by atoms with van der Waals surface area (Å²) < 4.78 is 23.2. The molecular formula is C29H33NO5. The lowest BCUT2D eigenvalue weighted by Crippen LogP contribution is -2.25. The number of ether oxygens (including phenoxy) is 4. The van der Waals surface area contributed by atoms with Crippen molar-refractivity contribution in [3.05, 3.63) is 77.4 Å². The normalized spacial score (nSPS) is 19.6. The minimum Gasteiger partial charge on any atom is -0.508 e. The van der Waals surface area contributed by atoms with Gasteiger partial charge >= 0.3 is 0 Å². The van der Waals surface area contributed by atoms with Gasteiger partial charge in [-0.15, -0.1) is 0 Å². The molecule has 0 spiro atoms. The van der Waals surface area contributed by atoms with Gasteiger partial charge in [0, 0.05) is 23.9 Å². The van der Waals surface area contributed by atoms with Gasteiger partial charge in [0.2, 0.25) is 0 Å². The van der Waals surface area contributed by atoms with Gasteiger partial charge in [-0.3, -0.25) is 4.90 Å². The molecule has 5 rings (SSSR count). The molecule has 184 valence electrons. The number of nitrogens with zero attached hydrogens (tertiary/aromatic N) is 1. The molecule has 0 unspecified atom stereocenters. The Morgan fingerprint density at radius 2 is 1.63 bits per heavy atom. The molecule has 35 heavy (non-hydrogen) atoms. The van der Waals surface area contributed by atoms with E-state index in [0.29, 0.717) is 24.7 Å². The van der Waals surface area contributed by atoms with Crippen LogP contribution >= 0.6 is 0 Å². The second-order valence-electron chi connectivity index (χ2n) is 9.20. The summed E-state index contributed by atoms with van der Waals surface area (Å²) in [5.41, 5.74) is 3.21. The molecule has 0 radical (unpaired) electrons. The fourth-order valence-electron chi connectivity index (χ4n) is 5.26. The Balaban J connectivity index is 1.43. The highest BCUT2D eigenvalue weighted by molar-refractivity contribution is 5.52. The number of hydrogen-bond donors (Lipinski definition) is 1. The SMILES string of the molecule is COc1ccc([C@H]2COc3ccc(O)cc3[C@H]2c2ccc(OCCN3CCCC3)cc2)cc1OC. The molecule has 6 nitrogen and oxygen atoms in total. The number of benzene rings is 3. The van der Waals surface area contributed by atoms with Gasteiger partial charge in [-0.2, -0.15) is 0 Å². The topological polar surface area (TPSA) is 60.4 Å². The maximum Gasteiger partial charge on any atom is 0.160 e. The maximum absolute atomic E-state index is 10.3. The number of phenolic OH excluding ortho intramolecular Hbond substituents is 1. The van der Waals surface area contributed by atoms with Crippen molar-refractivity contribution in [3.8, 4) is 28.7 Å². The zero-order valence-corrected chi connectivity index (χ0v) is 20.4. The first-order valence-corrected chi connectivity index (χ1v) is 12.3. The standard InChI is InChI=1S/C29H33NO5/c1-32-27-11-7-21(17-28(27)33-2)25-19-35-26-12-8-22(31)18-24(26)29(25)20-5-9-23(10-6-20)34-16-15-30-13-3-4-14-30/h5-12,17-18,25,29,31H,3-4,13-16,19H2,1-2H3/t25-,29-/m1/s1. The fourth-order valence-corrected chi connectivity index (χ4v) is 5.26. The zero-order valence-electron chi connectivity index (χ0n) is 20.4. The van der Waals surface area contributed by atoms with Gasteiger partial charge < -0.3 is 24.1 Å². The second kappa shape index (κ2) is 10.5. The predicted octanol–water partition coefficient (Wildman–Crippen LogP) is 5.19. The van der Waals surface area contributed by atoms with Crippen LogP contribution in [0, 0.1) is 0 Å².